The van der Waals surface area contributed by atoms with Crippen LogP contribution in [0, 0.1) is 0 Å². The second-order valence-corrected chi connectivity index (χ2v) is 8.51. The molecule has 2 aromatic rings. The van der Waals surface area contributed by atoms with Crippen molar-refractivity contribution in [3.05, 3.63) is 82.2 Å². The van der Waals surface area contributed by atoms with Gasteiger partial charge in [-0.15, -0.1) is 11.8 Å². The number of benzene rings is 2. The number of hydrogen-bond acceptors (Lipinski definition) is 6. The van der Waals surface area contributed by atoms with E-state index < -0.39 is 24.5 Å². The van der Waals surface area contributed by atoms with E-state index in [4.69, 9.17) is 18.9 Å². The Morgan fingerprint density at radius 3 is 2.53 bits per heavy atom. The molecule has 158 valence electrons. The first kappa shape index (κ1) is 21.2. The number of thioether (sulfide) groups is 1. The van der Waals surface area contributed by atoms with Gasteiger partial charge in [-0.2, -0.15) is 0 Å². The molecule has 0 unspecified atom stereocenters. The van der Waals surface area contributed by atoms with Crippen LogP contribution < -0.4 is 0 Å². The van der Waals surface area contributed by atoms with Crippen molar-refractivity contribution in [2.75, 3.05) is 12.4 Å². The van der Waals surface area contributed by atoms with E-state index in [0.717, 1.165) is 16.9 Å². The van der Waals surface area contributed by atoms with Gasteiger partial charge >= 0.3 is 0 Å². The quantitative estimate of drug-likeness (QED) is 0.358. The Morgan fingerprint density at radius 2 is 1.83 bits per heavy atom. The molecule has 0 N–H and O–H groups in total. The van der Waals surface area contributed by atoms with Crippen molar-refractivity contribution in [2.45, 2.75) is 49.6 Å². The molecule has 0 amide bonds. The summed E-state index contributed by atoms with van der Waals surface area (Å²) in [5.41, 5.74) is 10.9. The normalized spacial score (nSPS) is 30.8. The average Bonchev–Trinajstić information content (AvgIpc) is 2.80. The van der Waals surface area contributed by atoms with E-state index >= 15 is 0 Å². The number of ether oxygens (including phenoxy) is 4. The van der Waals surface area contributed by atoms with Crippen molar-refractivity contribution >= 4 is 11.8 Å². The third-order valence-corrected chi connectivity index (χ3v) is 6.23. The third kappa shape index (κ3) is 4.81. The fourth-order valence-corrected chi connectivity index (χ4v) is 4.74. The molecule has 0 bridgehead atoms. The van der Waals surface area contributed by atoms with Crippen molar-refractivity contribution in [1.82, 2.24) is 0 Å². The molecule has 30 heavy (non-hydrogen) atoms. The molecule has 0 saturated carbocycles. The maximum absolute atomic E-state index is 9.21. The third-order valence-electron chi connectivity index (χ3n) is 5.18. The zero-order valence-electron chi connectivity index (χ0n) is 16.7. The lowest BCUT2D eigenvalue weighted by atomic mass is 9.97. The van der Waals surface area contributed by atoms with E-state index in [-0.39, 0.29) is 11.5 Å². The monoisotopic (exact) mass is 427 g/mol. The minimum atomic E-state index is -0.513. The van der Waals surface area contributed by atoms with Crippen LogP contribution in [-0.2, 0) is 25.6 Å². The van der Waals surface area contributed by atoms with Gasteiger partial charge in [0.2, 0.25) is 0 Å². The van der Waals surface area contributed by atoms with Crippen LogP contribution in [0.25, 0.3) is 10.4 Å². The van der Waals surface area contributed by atoms with Crippen LogP contribution in [0.15, 0.2) is 65.8 Å². The van der Waals surface area contributed by atoms with Crippen molar-refractivity contribution < 1.29 is 18.9 Å². The smallest absolute Gasteiger partial charge is 0.184 e. The van der Waals surface area contributed by atoms with Gasteiger partial charge in [-0.1, -0.05) is 72.7 Å². The fraction of sp³-hybridized carbons (Fsp3) is 0.455. The molecule has 4 rings (SSSR count). The van der Waals surface area contributed by atoms with Gasteiger partial charge in [0.05, 0.1) is 19.3 Å². The molecule has 8 heteroatoms. The molecule has 2 saturated heterocycles. The Kier molecular flexibility index (Phi) is 7.28. The largest absolute Gasteiger partial charge is 0.370 e. The lowest BCUT2D eigenvalue weighted by Gasteiger charge is -2.48. The summed E-state index contributed by atoms with van der Waals surface area (Å²) >= 11 is 1.60. The van der Waals surface area contributed by atoms with Gasteiger partial charge in [0.15, 0.2) is 6.29 Å². The summed E-state index contributed by atoms with van der Waals surface area (Å²) in [5, 5.41) is 4.06. The van der Waals surface area contributed by atoms with E-state index in [1.807, 2.05) is 67.6 Å². The summed E-state index contributed by atoms with van der Waals surface area (Å²) in [6.07, 6.45) is -1.66. The van der Waals surface area contributed by atoms with E-state index in [1.54, 1.807) is 11.8 Å². The van der Waals surface area contributed by atoms with Crippen molar-refractivity contribution in [3.8, 4) is 0 Å². The molecule has 2 fully saturated rings. The average molecular weight is 428 g/mol. The summed E-state index contributed by atoms with van der Waals surface area (Å²) in [6.45, 7) is 2.83. The molecule has 2 heterocycles. The molecule has 2 aliphatic rings. The molecular weight excluding hydrogens is 402 g/mol. The number of fused-ring (bicyclic) bond motifs is 1. The molecule has 2 aliphatic heterocycles. The molecular formula is C22H25N3O4S. The van der Waals surface area contributed by atoms with Crippen LogP contribution in [0.2, 0.25) is 0 Å². The fourth-order valence-electron chi connectivity index (χ4n) is 3.78. The minimum Gasteiger partial charge on any atom is -0.370 e. The topological polar surface area (TPSA) is 85.7 Å². The zero-order chi connectivity index (χ0) is 20.8. The summed E-state index contributed by atoms with van der Waals surface area (Å²) in [5.74, 6) is 0.833. The highest BCUT2D eigenvalue weighted by Crippen LogP contribution is 2.39. The number of nitrogens with zero attached hydrogens (tertiary/aromatic N) is 3. The van der Waals surface area contributed by atoms with E-state index in [0.29, 0.717) is 13.2 Å². The van der Waals surface area contributed by atoms with Crippen molar-refractivity contribution in [2.24, 2.45) is 5.11 Å². The predicted molar refractivity (Wildman–Crippen MR) is 115 cm³/mol. The molecule has 2 aromatic carbocycles. The Bertz CT molecular complexity index is 850. The van der Waals surface area contributed by atoms with Gasteiger partial charge in [0, 0.05) is 10.5 Å². The minimum absolute atomic E-state index is 0.292. The van der Waals surface area contributed by atoms with Gasteiger partial charge in [0.25, 0.3) is 0 Å². The van der Waals surface area contributed by atoms with Crippen LogP contribution in [0.3, 0.4) is 0 Å². The first-order chi connectivity index (χ1) is 14.8. The Morgan fingerprint density at radius 1 is 1.10 bits per heavy atom. The molecule has 0 spiro atoms. The highest BCUT2D eigenvalue weighted by Gasteiger charge is 2.50. The second-order valence-electron chi connectivity index (χ2n) is 7.13. The first-order valence-corrected chi connectivity index (χ1v) is 11.1. The van der Waals surface area contributed by atoms with E-state index in [9.17, 15) is 5.53 Å². The zero-order valence-corrected chi connectivity index (χ0v) is 17.6. The van der Waals surface area contributed by atoms with Crippen LogP contribution >= 0.6 is 11.8 Å². The predicted octanol–water partition coefficient (Wildman–Crippen LogP) is 4.84. The maximum Gasteiger partial charge on any atom is 0.184 e. The Hall–Kier alpha value is -2.06. The Balaban J connectivity index is 1.59. The summed E-state index contributed by atoms with van der Waals surface area (Å²) in [4.78, 5) is 3.08. The molecule has 7 nitrogen and oxygen atoms in total. The van der Waals surface area contributed by atoms with Crippen LogP contribution in [0.1, 0.15) is 24.3 Å². The first-order valence-electron chi connectivity index (χ1n) is 10.1. The van der Waals surface area contributed by atoms with Crippen molar-refractivity contribution in [1.29, 1.82) is 0 Å². The molecule has 6 atom stereocenters. The SMILES string of the molecule is CCS[C@@H]1O[C@@H]2CO[C@@H](c3ccccc3)O[C@H]2[C@H](OCc2ccccc2)[C@H]1N=[N+]=[N-]. The number of hydrogen-bond donors (Lipinski definition) is 0. The van der Waals surface area contributed by atoms with Gasteiger partial charge in [0.1, 0.15) is 23.7 Å². The standard InChI is InChI=1S/C22H25N3O4S/c1-2-30-22-18(24-25-23)20(26-13-15-9-5-3-6-10-15)19-17(28-22)14-27-21(29-19)16-11-7-4-8-12-16/h3-12,17-22H,2,13-14H2,1H3/t17-,18-,19-,20-,21-,22+/m1/s1. The lowest BCUT2D eigenvalue weighted by molar-refractivity contribution is -0.311. The summed E-state index contributed by atoms with van der Waals surface area (Å²) in [7, 11) is 0. The van der Waals surface area contributed by atoms with Crippen LogP contribution in [0.5, 0.6) is 0 Å². The highest BCUT2D eigenvalue weighted by molar-refractivity contribution is 7.99. The van der Waals surface area contributed by atoms with Gasteiger partial charge in [-0.05, 0) is 16.8 Å². The molecule has 0 aliphatic carbocycles. The van der Waals surface area contributed by atoms with E-state index in [2.05, 4.69) is 10.0 Å². The number of rotatable bonds is 7. The Labute approximate surface area is 180 Å². The lowest BCUT2D eigenvalue weighted by Crippen LogP contribution is -2.61. The van der Waals surface area contributed by atoms with Gasteiger partial charge in [-0.3, -0.25) is 0 Å². The maximum atomic E-state index is 9.21. The second kappa shape index (κ2) is 10.3. The molecule has 0 radical (unpaired) electrons. The summed E-state index contributed by atoms with van der Waals surface area (Å²) in [6, 6.07) is 19.2. The van der Waals surface area contributed by atoms with E-state index in [1.165, 1.54) is 0 Å². The molecule has 0 aromatic heterocycles. The van der Waals surface area contributed by atoms with Crippen LogP contribution in [0.4, 0.5) is 0 Å². The van der Waals surface area contributed by atoms with Gasteiger partial charge in [-0.25, -0.2) is 0 Å². The van der Waals surface area contributed by atoms with Crippen molar-refractivity contribution in [3.63, 3.8) is 0 Å². The highest BCUT2D eigenvalue weighted by atomic mass is 32.2. The van der Waals surface area contributed by atoms with Crippen LogP contribution in [-0.4, -0.2) is 42.1 Å². The number of azide groups is 1. The van der Waals surface area contributed by atoms with Gasteiger partial charge < -0.3 is 18.9 Å². The summed E-state index contributed by atoms with van der Waals surface area (Å²) < 4.78 is 24.8.